The number of hydrazone groups is 1. The van der Waals surface area contributed by atoms with Crippen molar-refractivity contribution >= 4 is 23.4 Å². The van der Waals surface area contributed by atoms with Crippen LogP contribution in [0.15, 0.2) is 76.4 Å². The van der Waals surface area contributed by atoms with Crippen molar-refractivity contribution < 1.29 is 27.9 Å². The minimum absolute atomic E-state index is 0.104. The maximum atomic E-state index is 13.0. The predicted octanol–water partition coefficient (Wildman–Crippen LogP) is 4.61. The van der Waals surface area contributed by atoms with Gasteiger partial charge in [-0.3, -0.25) is 14.4 Å². The maximum absolute atomic E-state index is 13.0. The summed E-state index contributed by atoms with van der Waals surface area (Å²) in [5, 5.41) is 5.77. The summed E-state index contributed by atoms with van der Waals surface area (Å²) in [7, 11) is 0. The first kappa shape index (κ1) is 23.1. The largest absolute Gasteiger partial charge is 0.467 e. The van der Waals surface area contributed by atoms with Crippen LogP contribution in [0.2, 0.25) is 0 Å². The first-order valence-electron chi connectivity index (χ1n) is 10.8. The lowest BCUT2D eigenvalue weighted by molar-refractivity contribution is -0.152. The first-order valence-corrected chi connectivity index (χ1v) is 10.8. The van der Waals surface area contributed by atoms with Crippen molar-refractivity contribution in [1.82, 2.24) is 5.01 Å². The quantitative estimate of drug-likeness (QED) is 0.360. The standard InChI is InChI=1S/C26H23FN2O5/c1-17-4-6-18(7-5-17)21-15-22(24-3-2-14-33-24)29(28-21)25(31)16-34-26(32)13-12-23(30)19-8-10-20(27)11-9-19/h2-11,14,22H,12-13,15-16H2,1H3. The van der Waals surface area contributed by atoms with Crippen LogP contribution in [0.3, 0.4) is 0 Å². The van der Waals surface area contributed by atoms with Crippen molar-refractivity contribution in [2.45, 2.75) is 32.2 Å². The predicted molar refractivity (Wildman–Crippen MR) is 122 cm³/mol. The molecule has 0 radical (unpaired) electrons. The van der Waals surface area contributed by atoms with E-state index in [2.05, 4.69) is 5.10 Å². The summed E-state index contributed by atoms with van der Waals surface area (Å²) in [5.74, 6) is -1.36. The van der Waals surface area contributed by atoms with Crippen LogP contribution in [-0.4, -0.2) is 35.0 Å². The Balaban J connectivity index is 1.36. The van der Waals surface area contributed by atoms with Gasteiger partial charge in [-0.05, 0) is 48.9 Å². The van der Waals surface area contributed by atoms with Crippen molar-refractivity contribution in [2.75, 3.05) is 6.61 Å². The van der Waals surface area contributed by atoms with Gasteiger partial charge in [0.05, 0.1) is 18.4 Å². The zero-order valence-corrected chi connectivity index (χ0v) is 18.6. The van der Waals surface area contributed by atoms with E-state index in [0.717, 1.165) is 16.8 Å². The van der Waals surface area contributed by atoms with E-state index < -0.39 is 30.3 Å². The average molecular weight is 462 g/mol. The van der Waals surface area contributed by atoms with Gasteiger partial charge in [-0.2, -0.15) is 5.10 Å². The number of benzene rings is 2. The number of hydrogen-bond donors (Lipinski definition) is 0. The van der Waals surface area contributed by atoms with Crippen LogP contribution < -0.4 is 0 Å². The molecule has 0 bridgehead atoms. The molecule has 0 fully saturated rings. The van der Waals surface area contributed by atoms with Crippen LogP contribution in [0.1, 0.15) is 52.5 Å². The molecule has 0 saturated heterocycles. The molecule has 2 heterocycles. The van der Waals surface area contributed by atoms with Gasteiger partial charge < -0.3 is 9.15 Å². The van der Waals surface area contributed by atoms with Crippen LogP contribution in [0.25, 0.3) is 0 Å². The minimum atomic E-state index is -0.680. The first-order chi connectivity index (χ1) is 16.4. The molecule has 1 aliphatic heterocycles. The highest BCUT2D eigenvalue weighted by atomic mass is 19.1. The molecule has 1 aromatic heterocycles. The summed E-state index contributed by atoms with van der Waals surface area (Å²) in [6.45, 7) is 1.48. The summed E-state index contributed by atoms with van der Waals surface area (Å²) in [4.78, 5) is 37.1. The number of ether oxygens (including phenoxy) is 1. The van der Waals surface area contributed by atoms with Crippen LogP contribution in [0.4, 0.5) is 4.39 Å². The van der Waals surface area contributed by atoms with Gasteiger partial charge in [-0.1, -0.05) is 29.8 Å². The lowest BCUT2D eigenvalue weighted by atomic mass is 10.0. The molecule has 7 nitrogen and oxygen atoms in total. The molecular formula is C26H23FN2O5. The number of rotatable bonds is 8. The molecule has 34 heavy (non-hydrogen) atoms. The molecule has 3 aromatic rings. The third-order valence-corrected chi connectivity index (χ3v) is 5.50. The SMILES string of the molecule is Cc1ccc(C2=NN(C(=O)COC(=O)CCC(=O)c3ccc(F)cc3)C(c3ccco3)C2)cc1. The lowest BCUT2D eigenvalue weighted by Crippen LogP contribution is -2.31. The molecule has 0 aliphatic carbocycles. The molecule has 0 saturated carbocycles. The van der Waals surface area contributed by atoms with Crippen molar-refractivity contribution in [3.63, 3.8) is 0 Å². The number of Topliss-reactive ketones (excluding diaryl/α,β-unsaturated/α-hetero) is 1. The van der Waals surface area contributed by atoms with Gasteiger partial charge in [-0.25, -0.2) is 9.40 Å². The Morgan fingerprint density at radius 1 is 1.06 bits per heavy atom. The minimum Gasteiger partial charge on any atom is -0.467 e. The van der Waals surface area contributed by atoms with E-state index in [1.54, 1.807) is 12.1 Å². The molecule has 0 N–H and O–H groups in total. The van der Waals surface area contributed by atoms with Crippen molar-refractivity contribution in [3.8, 4) is 0 Å². The van der Waals surface area contributed by atoms with Gasteiger partial charge >= 0.3 is 5.97 Å². The maximum Gasteiger partial charge on any atom is 0.306 e. The van der Waals surface area contributed by atoms with Gasteiger partial charge in [0.1, 0.15) is 17.6 Å². The van der Waals surface area contributed by atoms with E-state index in [9.17, 15) is 18.8 Å². The molecule has 1 aliphatic rings. The highest BCUT2D eigenvalue weighted by Crippen LogP contribution is 2.33. The number of ketones is 1. The van der Waals surface area contributed by atoms with Gasteiger partial charge in [0.2, 0.25) is 0 Å². The number of nitrogens with zero attached hydrogens (tertiary/aromatic N) is 2. The van der Waals surface area contributed by atoms with Crippen LogP contribution >= 0.6 is 0 Å². The van der Waals surface area contributed by atoms with Crippen molar-refractivity contribution in [2.24, 2.45) is 5.10 Å². The highest BCUT2D eigenvalue weighted by molar-refractivity contribution is 6.03. The molecule has 1 unspecified atom stereocenters. The van der Waals surface area contributed by atoms with Crippen LogP contribution in [-0.2, 0) is 14.3 Å². The third-order valence-electron chi connectivity index (χ3n) is 5.50. The van der Waals surface area contributed by atoms with Gasteiger partial charge in [0.15, 0.2) is 12.4 Å². The zero-order chi connectivity index (χ0) is 24.1. The molecule has 2 aromatic carbocycles. The molecule has 0 spiro atoms. The Morgan fingerprint density at radius 3 is 2.47 bits per heavy atom. The summed E-state index contributed by atoms with van der Waals surface area (Å²) in [6.07, 6.45) is 1.69. The lowest BCUT2D eigenvalue weighted by Gasteiger charge is -2.19. The average Bonchev–Trinajstić information content (AvgIpc) is 3.52. The molecular weight excluding hydrogens is 439 g/mol. The highest BCUT2D eigenvalue weighted by Gasteiger charge is 2.35. The number of amides is 1. The van der Waals surface area contributed by atoms with Crippen LogP contribution in [0, 0.1) is 12.7 Å². The topological polar surface area (TPSA) is 89.2 Å². The fourth-order valence-electron chi connectivity index (χ4n) is 3.64. The van der Waals surface area contributed by atoms with Crippen LogP contribution in [0.5, 0.6) is 0 Å². The Hall–Kier alpha value is -4.07. The normalized spacial score (nSPS) is 15.2. The van der Waals surface area contributed by atoms with Crippen molar-refractivity contribution in [3.05, 3.63) is 95.2 Å². The summed E-state index contributed by atoms with van der Waals surface area (Å²) in [6, 6.07) is 16.0. The number of aryl methyl sites for hydroxylation is 1. The number of carbonyl (C=O) groups excluding carboxylic acids is 3. The number of carbonyl (C=O) groups is 3. The Bertz CT molecular complexity index is 1200. The third kappa shape index (κ3) is 5.46. The fourth-order valence-corrected chi connectivity index (χ4v) is 3.64. The number of halogens is 1. The van der Waals surface area contributed by atoms with Gasteiger partial charge in [0, 0.05) is 18.4 Å². The van der Waals surface area contributed by atoms with E-state index in [0.29, 0.717) is 17.7 Å². The number of hydrogen-bond acceptors (Lipinski definition) is 6. The molecule has 1 amide bonds. The number of esters is 1. The second-order valence-corrected chi connectivity index (χ2v) is 7.98. The molecule has 174 valence electrons. The van der Waals surface area contributed by atoms with Gasteiger partial charge in [0.25, 0.3) is 5.91 Å². The Kier molecular flexibility index (Phi) is 6.96. The van der Waals surface area contributed by atoms with Crippen molar-refractivity contribution in [1.29, 1.82) is 0 Å². The molecule has 8 heteroatoms. The smallest absolute Gasteiger partial charge is 0.306 e. The zero-order valence-electron chi connectivity index (χ0n) is 18.6. The summed E-state index contributed by atoms with van der Waals surface area (Å²) < 4.78 is 23.6. The number of furan rings is 1. The Labute approximate surface area is 195 Å². The summed E-state index contributed by atoms with van der Waals surface area (Å²) in [5.41, 5.74) is 3.05. The molecule has 4 rings (SSSR count). The summed E-state index contributed by atoms with van der Waals surface area (Å²) >= 11 is 0. The van der Waals surface area contributed by atoms with E-state index in [1.165, 1.54) is 35.5 Å². The van der Waals surface area contributed by atoms with Gasteiger partial charge in [-0.15, -0.1) is 0 Å². The van der Waals surface area contributed by atoms with E-state index in [4.69, 9.17) is 9.15 Å². The second-order valence-electron chi connectivity index (χ2n) is 7.98. The molecule has 1 atom stereocenters. The van der Waals surface area contributed by atoms with E-state index in [1.807, 2.05) is 31.2 Å². The van der Waals surface area contributed by atoms with E-state index in [-0.39, 0.29) is 18.6 Å². The van der Waals surface area contributed by atoms with E-state index >= 15 is 0 Å². The monoisotopic (exact) mass is 462 g/mol. The Morgan fingerprint density at radius 2 is 1.79 bits per heavy atom. The fraction of sp³-hybridized carbons (Fsp3) is 0.231. The second kappa shape index (κ2) is 10.2.